The van der Waals surface area contributed by atoms with E-state index in [1.54, 1.807) is 6.26 Å². The second-order valence-corrected chi connectivity index (χ2v) is 3.51. The molecule has 0 fully saturated rings. The van der Waals surface area contributed by atoms with E-state index in [0.717, 1.165) is 17.3 Å². The molecule has 2 heteroatoms. The fourth-order valence-electron chi connectivity index (χ4n) is 0.721. The molecule has 1 aromatic heterocycles. The zero-order valence-electron chi connectivity index (χ0n) is 6.67. The highest BCUT2D eigenvalue weighted by atomic mass is 32.2. The van der Waals surface area contributed by atoms with Crippen molar-refractivity contribution in [3.63, 3.8) is 0 Å². The first-order valence-electron chi connectivity index (χ1n) is 3.53. The summed E-state index contributed by atoms with van der Waals surface area (Å²) in [6.45, 7) is 5.86. The molecule has 0 unspecified atom stereocenters. The molecule has 1 nitrogen and oxygen atoms in total. The van der Waals surface area contributed by atoms with Crippen molar-refractivity contribution >= 4 is 11.8 Å². The van der Waals surface area contributed by atoms with Crippen LogP contribution in [0.25, 0.3) is 0 Å². The van der Waals surface area contributed by atoms with Crippen LogP contribution in [0.15, 0.2) is 35.0 Å². The summed E-state index contributed by atoms with van der Waals surface area (Å²) in [4.78, 5) is 0. The zero-order chi connectivity index (χ0) is 8.10. The second-order valence-electron chi connectivity index (χ2n) is 2.53. The first-order valence-corrected chi connectivity index (χ1v) is 4.69. The van der Waals surface area contributed by atoms with Crippen LogP contribution in [0.2, 0.25) is 0 Å². The average Bonchev–Trinajstić information content (AvgIpc) is 2.39. The summed E-state index contributed by atoms with van der Waals surface area (Å²) in [7, 11) is 0. The monoisotopic (exact) mass is 168 g/mol. The van der Waals surface area contributed by atoms with E-state index in [4.69, 9.17) is 4.42 Å². The topological polar surface area (TPSA) is 13.1 Å². The Morgan fingerprint density at radius 3 is 3.09 bits per heavy atom. The van der Waals surface area contributed by atoms with Crippen LogP contribution in [0.5, 0.6) is 0 Å². The molecule has 11 heavy (non-hydrogen) atoms. The Morgan fingerprint density at radius 1 is 1.73 bits per heavy atom. The minimum absolute atomic E-state index is 0.944. The highest BCUT2D eigenvalue weighted by Crippen LogP contribution is 2.14. The molecule has 0 radical (unpaired) electrons. The second kappa shape index (κ2) is 4.29. The molecule has 0 aromatic carbocycles. The summed E-state index contributed by atoms with van der Waals surface area (Å²) in [5.74, 6) is 3.00. The molecule has 0 aliphatic heterocycles. The summed E-state index contributed by atoms with van der Waals surface area (Å²) in [6, 6.07) is 3.90. The van der Waals surface area contributed by atoms with Gasteiger partial charge in [0.2, 0.25) is 0 Å². The third-order valence-electron chi connectivity index (χ3n) is 1.17. The van der Waals surface area contributed by atoms with Crippen molar-refractivity contribution in [2.24, 2.45) is 0 Å². The highest BCUT2D eigenvalue weighted by molar-refractivity contribution is 7.98. The van der Waals surface area contributed by atoms with Crippen LogP contribution < -0.4 is 0 Å². The van der Waals surface area contributed by atoms with Crippen molar-refractivity contribution in [2.75, 3.05) is 5.75 Å². The summed E-state index contributed by atoms with van der Waals surface area (Å²) in [6.07, 6.45) is 1.71. The predicted octanol–water partition coefficient (Wildman–Crippen LogP) is 3.09. The van der Waals surface area contributed by atoms with Gasteiger partial charge in [-0.05, 0) is 19.1 Å². The van der Waals surface area contributed by atoms with Gasteiger partial charge >= 0.3 is 0 Å². The Hall–Kier alpha value is -0.630. The van der Waals surface area contributed by atoms with Gasteiger partial charge in [-0.25, -0.2) is 0 Å². The van der Waals surface area contributed by atoms with Crippen LogP contribution in [-0.4, -0.2) is 5.75 Å². The first-order chi connectivity index (χ1) is 5.29. The first kappa shape index (κ1) is 8.47. The van der Waals surface area contributed by atoms with E-state index >= 15 is 0 Å². The lowest BCUT2D eigenvalue weighted by Gasteiger charge is -1.96. The summed E-state index contributed by atoms with van der Waals surface area (Å²) in [5.41, 5.74) is 1.21. The SMILES string of the molecule is C=C(C)CSCc1ccco1. The van der Waals surface area contributed by atoms with Gasteiger partial charge in [0, 0.05) is 5.75 Å². The molecule has 0 amide bonds. The lowest BCUT2D eigenvalue weighted by molar-refractivity contribution is 0.530. The van der Waals surface area contributed by atoms with Crippen molar-refractivity contribution in [2.45, 2.75) is 12.7 Å². The molecule has 0 saturated heterocycles. The Kier molecular flexibility index (Phi) is 3.30. The highest BCUT2D eigenvalue weighted by Gasteiger charge is 1.94. The van der Waals surface area contributed by atoms with E-state index in [0.29, 0.717) is 0 Å². The fourth-order valence-corrected chi connectivity index (χ4v) is 1.54. The largest absolute Gasteiger partial charge is 0.468 e. The maximum Gasteiger partial charge on any atom is 0.113 e. The summed E-state index contributed by atoms with van der Waals surface area (Å²) >= 11 is 1.83. The molecular weight excluding hydrogens is 156 g/mol. The normalized spacial score (nSPS) is 9.91. The summed E-state index contributed by atoms with van der Waals surface area (Å²) in [5, 5.41) is 0. The molecule has 1 heterocycles. The lowest BCUT2D eigenvalue weighted by Crippen LogP contribution is -1.80. The van der Waals surface area contributed by atoms with Crippen LogP contribution in [-0.2, 0) is 5.75 Å². The molecule has 0 aliphatic rings. The van der Waals surface area contributed by atoms with Crippen LogP contribution in [0.3, 0.4) is 0 Å². The molecule has 60 valence electrons. The van der Waals surface area contributed by atoms with Gasteiger partial charge in [0.15, 0.2) is 0 Å². The number of hydrogen-bond donors (Lipinski definition) is 0. The Bertz CT molecular complexity index is 213. The maximum atomic E-state index is 5.16. The van der Waals surface area contributed by atoms with Crippen molar-refractivity contribution in [3.8, 4) is 0 Å². The van der Waals surface area contributed by atoms with Gasteiger partial charge in [-0.2, -0.15) is 0 Å². The maximum absolute atomic E-state index is 5.16. The smallest absolute Gasteiger partial charge is 0.113 e. The van der Waals surface area contributed by atoms with Crippen molar-refractivity contribution in [1.82, 2.24) is 0 Å². The Labute approximate surface area is 71.5 Å². The van der Waals surface area contributed by atoms with E-state index in [1.165, 1.54) is 5.57 Å². The number of hydrogen-bond acceptors (Lipinski definition) is 2. The van der Waals surface area contributed by atoms with Gasteiger partial charge in [-0.1, -0.05) is 12.2 Å². The predicted molar refractivity (Wildman–Crippen MR) is 49.7 cm³/mol. The van der Waals surface area contributed by atoms with Crippen LogP contribution >= 0.6 is 11.8 Å². The number of thioether (sulfide) groups is 1. The minimum atomic E-state index is 0.944. The summed E-state index contributed by atoms with van der Waals surface area (Å²) < 4.78 is 5.16. The van der Waals surface area contributed by atoms with E-state index in [-0.39, 0.29) is 0 Å². The van der Waals surface area contributed by atoms with Crippen LogP contribution in [0, 0.1) is 0 Å². The minimum Gasteiger partial charge on any atom is -0.468 e. The third-order valence-corrected chi connectivity index (χ3v) is 2.36. The molecule has 0 spiro atoms. The quantitative estimate of drug-likeness (QED) is 0.641. The van der Waals surface area contributed by atoms with Gasteiger partial charge in [-0.3, -0.25) is 0 Å². The Morgan fingerprint density at radius 2 is 2.55 bits per heavy atom. The van der Waals surface area contributed by atoms with Gasteiger partial charge < -0.3 is 4.42 Å². The molecule has 0 N–H and O–H groups in total. The number of furan rings is 1. The standard InChI is InChI=1S/C9H12OS/c1-8(2)6-11-7-9-4-3-5-10-9/h3-5H,1,6-7H2,2H3. The van der Waals surface area contributed by atoms with Gasteiger partial charge in [0.05, 0.1) is 12.0 Å². The molecule has 0 bridgehead atoms. The molecule has 1 rings (SSSR count). The van der Waals surface area contributed by atoms with E-state index in [1.807, 2.05) is 30.8 Å². The average molecular weight is 168 g/mol. The van der Waals surface area contributed by atoms with Crippen LogP contribution in [0.1, 0.15) is 12.7 Å². The molecule has 1 aromatic rings. The van der Waals surface area contributed by atoms with Crippen LogP contribution in [0.4, 0.5) is 0 Å². The van der Waals surface area contributed by atoms with Crippen molar-refractivity contribution in [3.05, 3.63) is 36.3 Å². The zero-order valence-corrected chi connectivity index (χ0v) is 7.49. The van der Waals surface area contributed by atoms with E-state index < -0.39 is 0 Å². The fraction of sp³-hybridized carbons (Fsp3) is 0.333. The van der Waals surface area contributed by atoms with Gasteiger partial charge in [0.25, 0.3) is 0 Å². The van der Waals surface area contributed by atoms with Gasteiger partial charge in [0.1, 0.15) is 5.76 Å². The molecule has 0 saturated carbocycles. The van der Waals surface area contributed by atoms with Crippen molar-refractivity contribution < 1.29 is 4.42 Å². The lowest BCUT2D eigenvalue weighted by atomic mass is 10.4. The van der Waals surface area contributed by atoms with E-state index in [9.17, 15) is 0 Å². The molecular formula is C9H12OS. The number of rotatable bonds is 4. The molecule has 0 atom stereocenters. The van der Waals surface area contributed by atoms with Gasteiger partial charge in [-0.15, -0.1) is 11.8 Å². The van der Waals surface area contributed by atoms with E-state index in [2.05, 4.69) is 6.58 Å². The third kappa shape index (κ3) is 3.33. The van der Waals surface area contributed by atoms with Crippen molar-refractivity contribution in [1.29, 1.82) is 0 Å². The molecule has 0 aliphatic carbocycles. The Balaban J connectivity index is 2.19.